The second-order valence-corrected chi connectivity index (χ2v) is 4.87. The van der Waals surface area contributed by atoms with Crippen molar-refractivity contribution in [3.8, 4) is 5.75 Å². The average molecular weight is 271 g/mol. The summed E-state index contributed by atoms with van der Waals surface area (Å²) >= 11 is 0. The zero-order valence-electron chi connectivity index (χ0n) is 11.2. The molecule has 2 heterocycles. The van der Waals surface area contributed by atoms with Crippen molar-refractivity contribution in [1.82, 2.24) is 10.4 Å². The van der Waals surface area contributed by atoms with E-state index in [1.165, 1.54) is 0 Å². The quantitative estimate of drug-likeness (QED) is 0.742. The van der Waals surface area contributed by atoms with Crippen LogP contribution in [0.25, 0.3) is 0 Å². The van der Waals surface area contributed by atoms with E-state index in [4.69, 9.17) is 16.2 Å². The van der Waals surface area contributed by atoms with Crippen molar-refractivity contribution in [3.63, 3.8) is 0 Å². The third-order valence-corrected chi connectivity index (χ3v) is 3.37. The molecule has 0 fully saturated rings. The van der Waals surface area contributed by atoms with Crippen LogP contribution in [-0.2, 0) is 6.42 Å². The van der Waals surface area contributed by atoms with Gasteiger partial charge < -0.3 is 16.2 Å². The molecule has 0 aliphatic carbocycles. The Balaban J connectivity index is 1.81. The Hall–Kier alpha value is -2.47. The van der Waals surface area contributed by atoms with E-state index in [9.17, 15) is 0 Å². The number of nitrogens with two attached hydrogens (primary N) is 2. The molecule has 1 unspecified atom stereocenters. The average Bonchev–Trinajstić information content (AvgIpc) is 2.77. The molecule has 0 saturated carbocycles. The van der Waals surface area contributed by atoms with Crippen LogP contribution in [0.5, 0.6) is 5.75 Å². The van der Waals surface area contributed by atoms with Gasteiger partial charge in [0.05, 0.1) is 7.11 Å². The van der Waals surface area contributed by atoms with Gasteiger partial charge in [0, 0.05) is 12.6 Å². The summed E-state index contributed by atoms with van der Waals surface area (Å²) in [6.45, 7) is 0. The van der Waals surface area contributed by atoms with Gasteiger partial charge in [-0.15, -0.1) is 0 Å². The van der Waals surface area contributed by atoms with Crippen LogP contribution in [0.3, 0.4) is 0 Å². The highest BCUT2D eigenvalue weighted by Gasteiger charge is 2.38. The van der Waals surface area contributed by atoms with Crippen LogP contribution in [0.4, 0.5) is 0 Å². The first-order chi connectivity index (χ1) is 9.60. The minimum atomic E-state index is -0.737. The first-order valence-electron chi connectivity index (χ1n) is 6.32. The molecule has 6 heteroatoms. The number of nitrogens with one attached hydrogen (secondary N) is 1. The van der Waals surface area contributed by atoms with Gasteiger partial charge in [0.2, 0.25) is 0 Å². The summed E-state index contributed by atoms with van der Waals surface area (Å²) in [6, 6.07) is 7.82. The van der Waals surface area contributed by atoms with E-state index >= 15 is 0 Å². The highest BCUT2D eigenvalue weighted by Crippen LogP contribution is 2.26. The predicted molar refractivity (Wildman–Crippen MR) is 77.4 cm³/mol. The van der Waals surface area contributed by atoms with Crippen molar-refractivity contribution in [1.29, 1.82) is 0 Å². The molecule has 3 rings (SSSR count). The van der Waals surface area contributed by atoms with Crippen molar-refractivity contribution in [2.75, 3.05) is 7.11 Å². The van der Waals surface area contributed by atoms with E-state index in [0.717, 1.165) is 17.1 Å². The molecule has 0 spiro atoms. The van der Waals surface area contributed by atoms with Gasteiger partial charge >= 0.3 is 0 Å². The van der Waals surface area contributed by atoms with Crippen molar-refractivity contribution >= 4 is 6.21 Å². The SMILES string of the molecule is COc1ccc(CC2(N)C=NC3=CC=C(N)NN32)cc1. The Labute approximate surface area is 117 Å². The van der Waals surface area contributed by atoms with E-state index in [0.29, 0.717) is 12.2 Å². The maximum atomic E-state index is 6.44. The molecule has 0 bridgehead atoms. The maximum absolute atomic E-state index is 6.44. The predicted octanol–water partition coefficient (Wildman–Crippen LogP) is 0.439. The third-order valence-electron chi connectivity index (χ3n) is 3.37. The van der Waals surface area contributed by atoms with Crippen LogP contribution < -0.4 is 21.6 Å². The Kier molecular flexibility index (Phi) is 2.87. The number of nitrogens with zero attached hydrogens (tertiary/aromatic N) is 2. The summed E-state index contributed by atoms with van der Waals surface area (Å²) in [7, 11) is 1.65. The van der Waals surface area contributed by atoms with E-state index in [1.54, 1.807) is 24.4 Å². The number of hydrogen-bond donors (Lipinski definition) is 3. The van der Waals surface area contributed by atoms with Gasteiger partial charge in [-0.05, 0) is 29.8 Å². The Morgan fingerprint density at radius 1 is 1.30 bits per heavy atom. The van der Waals surface area contributed by atoms with E-state index in [2.05, 4.69) is 10.4 Å². The number of rotatable bonds is 3. The molecule has 20 heavy (non-hydrogen) atoms. The van der Waals surface area contributed by atoms with Crippen molar-refractivity contribution < 1.29 is 4.74 Å². The molecular weight excluding hydrogens is 254 g/mol. The van der Waals surface area contributed by atoms with Crippen LogP contribution in [0.1, 0.15) is 5.56 Å². The third kappa shape index (κ3) is 2.10. The van der Waals surface area contributed by atoms with Gasteiger partial charge in [0.1, 0.15) is 23.1 Å². The Morgan fingerprint density at radius 3 is 2.75 bits per heavy atom. The number of hydrogen-bond acceptors (Lipinski definition) is 6. The zero-order chi connectivity index (χ0) is 14.2. The fourth-order valence-electron chi connectivity index (χ4n) is 2.31. The topological polar surface area (TPSA) is 88.9 Å². The van der Waals surface area contributed by atoms with Crippen molar-refractivity contribution in [2.45, 2.75) is 12.1 Å². The lowest BCUT2D eigenvalue weighted by Gasteiger charge is -2.37. The van der Waals surface area contributed by atoms with Gasteiger partial charge in [0.15, 0.2) is 0 Å². The summed E-state index contributed by atoms with van der Waals surface area (Å²) in [4.78, 5) is 4.32. The van der Waals surface area contributed by atoms with Crippen LogP contribution in [0.2, 0.25) is 0 Å². The largest absolute Gasteiger partial charge is 0.497 e. The molecule has 104 valence electrons. The summed E-state index contributed by atoms with van der Waals surface area (Å²) < 4.78 is 5.15. The van der Waals surface area contributed by atoms with Gasteiger partial charge in [-0.25, -0.2) is 10.0 Å². The number of allylic oxidation sites excluding steroid dienone is 2. The first kappa shape index (κ1) is 12.6. The van der Waals surface area contributed by atoms with Crippen molar-refractivity contribution in [3.05, 3.63) is 53.6 Å². The second kappa shape index (κ2) is 4.57. The lowest BCUT2D eigenvalue weighted by Crippen LogP contribution is -2.61. The monoisotopic (exact) mass is 271 g/mol. The molecule has 1 aromatic rings. The minimum absolute atomic E-state index is 0.545. The normalized spacial score (nSPS) is 23.8. The maximum Gasteiger partial charge on any atom is 0.150 e. The van der Waals surface area contributed by atoms with Gasteiger partial charge in [-0.3, -0.25) is 5.43 Å². The van der Waals surface area contributed by atoms with Gasteiger partial charge in [0.25, 0.3) is 0 Å². The Morgan fingerprint density at radius 2 is 2.05 bits per heavy atom. The number of fused-ring (bicyclic) bond motifs is 1. The Bertz CT molecular complexity index is 604. The summed E-state index contributed by atoms with van der Waals surface area (Å²) in [6.07, 6.45) is 5.95. The fraction of sp³-hybridized carbons (Fsp3) is 0.214. The zero-order valence-corrected chi connectivity index (χ0v) is 11.2. The second-order valence-electron chi connectivity index (χ2n) is 4.87. The number of benzene rings is 1. The molecule has 0 aromatic heterocycles. The van der Waals surface area contributed by atoms with E-state index < -0.39 is 5.66 Å². The molecule has 2 aliphatic heterocycles. The summed E-state index contributed by atoms with van der Waals surface area (Å²) in [5, 5.41) is 1.78. The fourth-order valence-corrected chi connectivity index (χ4v) is 2.31. The molecule has 0 saturated heterocycles. The molecular formula is C14H17N5O. The highest BCUT2D eigenvalue weighted by atomic mass is 16.5. The number of aliphatic imine (C=N–C) groups is 1. The number of methoxy groups -OCH3 is 1. The summed E-state index contributed by atoms with van der Waals surface area (Å²) in [5.41, 5.74) is 15.6. The van der Waals surface area contributed by atoms with Crippen LogP contribution in [0.15, 0.2) is 53.1 Å². The lowest BCUT2D eigenvalue weighted by molar-refractivity contribution is 0.163. The number of hydrazine groups is 1. The first-order valence-corrected chi connectivity index (χ1v) is 6.32. The summed E-state index contributed by atoms with van der Waals surface area (Å²) in [5.74, 6) is 2.13. The molecule has 0 amide bonds. The molecule has 1 aromatic carbocycles. The van der Waals surface area contributed by atoms with E-state index in [1.807, 2.05) is 30.3 Å². The van der Waals surface area contributed by atoms with E-state index in [-0.39, 0.29) is 0 Å². The van der Waals surface area contributed by atoms with Gasteiger partial charge in [-0.2, -0.15) is 0 Å². The smallest absolute Gasteiger partial charge is 0.150 e. The minimum Gasteiger partial charge on any atom is -0.497 e. The highest BCUT2D eigenvalue weighted by molar-refractivity contribution is 5.74. The van der Waals surface area contributed by atoms with Gasteiger partial charge in [-0.1, -0.05) is 12.1 Å². The van der Waals surface area contributed by atoms with Crippen LogP contribution in [0, 0.1) is 0 Å². The molecule has 2 aliphatic rings. The van der Waals surface area contributed by atoms with Crippen LogP contribution in [-0.4, -0.2) is 24.0 Å². The van der Waals surface area contributed by atoms with Crippen molar-refractivity contribution in [2.24, 2.45) is 16.5 Å². The standard InChI is InChI=1S/C14H17N5O/c1-20-11-4-2-10(3-5-11)8-14(16)9-17-13-7-6-12(15)18-19(13)14/h2-7,9,18H,8,15-16H2,1H3. The van der Waals surface area contributed by atoms with Crippen LogP contribution >= 0.6 is 0 Å². The molecule has 6 nitrogen and oxygen atoms in total. The molecule has 0 radical (unpaired) electrons. The molecule has 5 N–H and O–H groups in total. The molecule has 1 atom stereocenters. The lowest BCUT2D eigenvalue weighted by atomic mass is 10.0. The number of ether oxygens (including phenoxy) is 1.